The Hall–Kier alpha value is -2.41. The van der Waals surface area contributed by atoms with E-state index >= 15 is 0 Å². The number of ether oxygens (including phenoxy) is 2. The summed E-state index contributed by atoms with van der Waals surface area (Å²) in [7, 11) is 0. The van der Waals surface area contributed by atoms with Crippen LogP contribution in [-0.4, -0.2) is 62.1 Å². The summed E-state index contributed by atoms with van der Waals surface area (Å²) in [5.74, 6) is -0.0119. The molecule has 2 heterocycles. The van der Waals surface area contributed by atoms with Gasteiger partial charge in [0.1, 0.15) is 0 Å². The highest BCUT2D eigenvalue weighted by molar-refractivity contribution is 5.94. The van der Waals surface area contributed by atoms with E-state index in [1.54, 1.807) is 0 Å². The van der Waals surface area contributed by atoms with Crippen LogP contribution in [0.25, 0.3) is 0 Å². The van der Waals surface area contributed by atoms with Gasteiger partial charge < -0.3 is 19.7 Å². The zero-order valence-corrected chi connectivity index (χ0v) is 18.1. The Labute approximate surface area is 179 Å². The quantitative estimate of drug-likeness (QED) is 0.740. The molecule has 7 heteroatoms. The highest BCUT2D eigenvalue weighted by Gasteiger charge is 2.28. The molecule has 166 valence electrons. The number of hydrogen-bond donors (Lipinski definition) is 1. The number of likely N-dealkylation sites (tertiary alicyclic amines) is 1. The molecule has 2 fully saturated rings. The van der Waals surface area contributed by atoms with E-state index in [0.29, 0.717) is 44.7 Å². The second-order valence-corrected chi connectivity index (χ2v) is 7.46. The van der Waals surface area contributed by atoms with E-state index in [1.165, 1.54) is 0 Å². The Kier molecular flexibility index (Phi) is 10.3. The molecule has 30 heavy (non-hydrogen) atoms. The van der Waals surface area contributed by atoms with Crippen LogP contribution in [-0.2, 0) is 19.1 Å². The van der Waals surface area contributed by atoms with Crippen LogP contribution in [0.3, 0.4) is 0 Å². The molecule has 0 atom stereocenters. The van der Waals surface area contributed by atoms with E-state index in [9.17, 15) is 14.4 Å². The fourth-order valence-electron chi connectivity index (χ4n) is 3.66. The van der Waals surface area contributed by atoms with Crippen molar-refractivity contribution in [2.75, 3.05) is 39.4 Å². The van der Waals surface area contributed by atoms with Crippen molar-refractivity contribution in [3.8, 4) is 0 Å². The lowest BCUT2D eigenvalue weighted by Gasteiger charge is -2.30. The van der Waals surface area contributed by atoms with Gasteiger partial charge in [0.15, 0.2) is 0 Å². The number of rotatable bonds is 5. The van der Waals surface area contributed by atoms with Gasteiger partial charge in [-0.05, 0) is 64.8 Å². The van der Waals surface area contributed by atoms with Crippen LogP contribution >= 0.6 is 0 Å². The van der Waals surface area contributed by atoms with Crippen LogP contribution in [0.5, 0.6) is 0 Å². The van der Waals surface area contributed by atoms with Crippen LogP contribution in [0.1, 0.15) is 49.9 Å². The summed E-state index contributed by atoms with van der Waals surface area (Å²) in [5.41, 5.74) is 0.706. The predicted octanol–water partition coefficient (Wildman–Crippen LogP) is 2.65. The highest BCUT2D eigenvalue weighted by Crippen LogP contribution is 2.20. The lowest BCUT2D eigenvalue weighted by atomic mass is 9.96. The van der Waals surface area contributed by atoms with Gasteiger partial charge in [0.25, 0.3) is 5.91 Å². The number of nitrogens with one attached hydrogen (secondary N) is 1. The van der Waals surface area contributed by atoms with E-state index in [0.717, 1.165) is 25.9 Å². The van der Waals surface area contributed by atoms with Gasteiger partial charge in [0.2, 0.25) is 0 Å². The maximum atomic E-state index is 12.2. The number of piperidine rings is 2. The largest absolute Gasteiger partial charge is 0.466 e. The Balaban J connectivity index is 0.000000248. The molecule has 0 radical (unpaired) electrons. The minimum absolute atomic E-state index is 0.0194. The van der Waals surface area contributed by atoms with Gasteiger partial charge in [-0.2, -0.15) is 0 Å². The van der Waals surface area contributed by atoms with Gasteiger partial charge in [0.05, 0.1) is 25.0 Å². The summed E-state index contributed by atoms with van der Waals surface area (Å²) in [6.45, 7) is 7.72. The monoisotopic (exact) mass is 418 g/mol. The van der Waals surface area contributed by atoms with Crippen molar-refractivity contribution in [2.24, 2.45) is 11.8 Å². The standard InChI is InChI=1S/C15H19NO3.C8H15NO2/c1-2-19-15(18)13-8-10-16(11-9-13)14(17)12-6-4-3-5-7-12;1-2-11-8(10)7-3-5-9-6-4-7/h3-7,13H,2,8-11H2,1H3;7,9H,2-6H2,1H3. The molecule has 1 aromatic carbocycles. The number of amides is 1. The second-order valence-electron chi connectivity index (χ2n) is 7.46. The third-order valence-corrected chi connectivity index (χ3v) is 5.38. The second kappa shape index (κ2) is 13.0. The first-order valence-corrected chi connectivity index (χ1v) is 10.9. The maximum Gasteiger partial charge on any atom is 0.309 e. The van der Waals surface area contributed by atoms with Gasteiger partial charge in [-0.3, -0.25) is 14.4 Å². The first-order valence-electron chi connectivity index (χ1n) is 10.9. The molecule has 0 aromatic heterocycles. The van der Waals surface area contributed by atoms with Gasteiger partial charge >= 0.3 is 11.9 Å². The number of hydrogen-bond acceptors (Lipinski definition) is 6. The van der Waals surface area contributed by atoms with Crippen molar-refractivity contribution in [3.05, 3.63) is 35.9 Å². The Morgan fingerprint density at radius 3 is 1.87 bits per heavy atom. The lowest BCUT2D eigenvalue weighted by Crippen LogP contribution is -2.40. The van der Waals surface area contributed by atoms with Crippen molar-refractivity contribution in [2.45, 2.75) is 39.5 Å². The molecule has 1 aromatic rings. The van der Waals surface area contributed by atoms with Crippen LogP contribution in [0.4, 0.5) is 0 Å². The minimum Gasteiger partial charge on any atom is -0.466 e. The molecule has 1 N–H and O–H groups in total. The Morgan fingerprint density at radius 1 is 0.867 bits per heavy atom. The average Bonchev–Trinajstić information content (AvgIpc) is 2.80. The van der Waals surface area contributed by atoms with Crippen molar-refractivity contribution in [1.29, 1.82) is 0 Å². The minimum atomic E-state index is -0.130. The van der Waals surface area contributed by atoms with Crippen molar-refractivity contribution < 1.29 is 23.9 Å². The SMILES string of the molecule is CCOC(=O)C1CCN(C(=O)c2ccccc2)CC1.CCOC(=O)C1CCNCC1. The van der Waals surface area contributed by atoms with Crippen LogP contribution in [0.15, 0.2) is 30.3 Å². The van der Waals surface area contributed by atoms with E-state index < -0.39 is 0 Å². The number of benzene rings is 1. The first kappa shape index (κ1) is 23.9. The van der Waals surface area contributed by atoms with Gasteiger partial charge in [-0.1, -0.05) is 18.2 Å². The topological polar surface area (TPSA) is 84.9 Å². The summed E-state index contributed by atoms with van der Waals surface area (Å²) in [4.78, 5) is 36.8. The van der Waals surface area contributed by atoms with Gasteiger partial charge in [-0.15, -0.1) is 0 Å². The molecule has 0 bridgehead atoms. The van der Waals surface area contributed by atoms with Crippen molar-refractivity contribution in [3.63, 3.8) is 0 Å². The molecule has 0 aliphatic carbocycles. The third-order valence-electron chi connectivity index (χ3n) is 5.38. The fourth-order valence-corrected chi connectivity index (χ4v) is 3.66. The van der Waals surface area contributed by atoms with Gasteiger partial charge in [-0.25, -0.2) is 0 Å². The molecule has 0 spiro atoms. The van der Waals surface area contributed by atoms with Crippen LogP contribution in [0.2, 0.25) is 0 Å². The summed E-state index contributed by atoms with van der Waals surface area (Å²) < 4.78 is 9.93. The van der Waals surface area contributed by atoms with Crippen molar-refractivity contribution in [1.82, 2.24) is 10.2 Å². The molecular formula is C23H34N2O5. The lowest BCUT2D eigenvalue weighted by molar-refractivity contribution is -0.150. The average molecular weight is 419 g/mol. The summed E-state index contributed by atoms with van der Waals surface area (Å²) in [6.07, 6.45) is 3.24. The normalized spacial score (nSPS) is 17.5. The molecule has 0 unspecified atom stereocenters. The summed E-state index contributed by atoms with van der Waals surface area (Å²) >= 11 is 0. The number of esters is 2. The molecular weight excluding hydrogens is 384 g/mol. The smallest absolute Gasteiger partial charge is 0.309 e. The zero-order chi connectivity index (χ0) is 21.8. The zero-order valence-electron chi connectivity index (χ0n) is 18.1. The maximum absolute atomic E-state index is 12.2. The molecule has 3 rings (SSSR count). The molecule has 2 aliphatic heterocycles. The van der Waals surface area contributed by atoms with Crippen molar-refractivity contribution >= 4 is 17.8 Å². The van der Waals surface area contributed by atoms with Crippen LogP contribution in [0, 0.1) is 11.8 Å². The van der Waals surface area contributed by atoms with E-state index in [-0.39, 0.29) is 29.7 Å². The first-order chi connectivity index (χ1) is 14.6. The summed E-state index contributed by atoms with van der Waals surface area (Å²) in [5, 5.41) is 3.20. The number of carbonyl (C=O) groups is 3. The van der Waals surface area contributed by atoms with E-state index in [2.05, 4.69) is 5.32 Å². The fraction of sp³-hybridized carbons (Fsp3) is 0.609. The third kappa shape index (κ3) is 7.44. The molecule has 2 aliphatic rings. The molecule has 7 nitrogen and oxygen atoms in total. The van der Waals surface area contributed by atoms with E-state index in [4.69, 9.17) is 9.47 Å². The van der Waals surface area contributed by atoms with Crippen LogP contribution < -0.4 is 5.32 Å². The Bertz CT molecular complexity index is 665. The van der Waals surface area contributed by atoms with E-state index in [1.807, 2.05) is 49.1 Å². The summed E-state index contributed by atoms with van der Waals surface area (Å²) in [6, 6.07) is 9.25. The number of nitrogens with zero attached hydrogens (tertiary/aromatic N) is 1. The predicted molar refractivity (Wildman–Crippen MR) is 114 cm³/mol. The number of carbonyl (C=O) groups excluding carboxylic acids is 3. The highest BCUT2D eigenvalue weighted by atomic mass is 16.5. The Morgan fingerprint density at radius 2 is 1.37 bits per heavy atom. The molecule has 0 saturated carbocycles. The molecule has 1 amide bonds. The van der Waals surface area contributed by atoms with Gasteiger partial charge in [0, 0.05) is 18.7 Å². The molecule has 2 saturated heterocycles.